The fourth-order valence-electron chi connectivity index (χ4n) is 4.33. The molecule has 0 radical (unpaired) electrons. The lowest BCUT2D eigenvalue weighted by Crippen LogP contribution is -2.33. The molecule has 0 aromatic carbocycles. The number of rotatable bonds is 7. The lowest BCUT2D eigenvalue weighted by Gasteiger charge is -2.29. The lowest BCUT2D eigenvalue weighted by molar-refractivity contribution is 0.0780. The summed E-state index contributed by atoms with van der Waals surface area (Å²) in [5.74, 6) is 0.983. The van der Waals surface area contributed by atoms with Crippen molar-refractivity contribution < 1.29 is 4.79 Å². The molecule has 1 fully saturated rings. The molecule has 1 aliphatic heterocycles. The number of carbonyl (C=O) groups is 1. The van der Waals surface area contributed by atoms with E-state index in [1.807, 2.05) is 37.7 Å². The Balaban J connectivity index is 1.39. The number of likely N-dealkylation sites (tertiary alicyclic amines) is 1. The Morgan fingerprint density at radius 3 is 2.74 bits per heavy atom. The molecule has 0 spiro atoms. The van der Waals surface area contributed by atoms with Crippen molar-refractivity contribution in [3.8, 4) is 6.07 Å². The molecule has 0 aliphatic carbocycles. The summed E-state index contributed by atoms with van der Waals surface area (Å²) < 4.78 is 1.84. The predicted octanol–water partition coefficient (Wildman–Crippen LogP) is 3.61. The van der Waals surface area contributed by atoms with E-state index in [2.05, 4.69) is 32.4 Å². The van der Waals surface area contributed by atoms with Crippen molar-refractivity contribution in [1.82, 2.24) is 29.5 Å². The number of anilines is 2. The first-order valence-electron chi connectivity index (χ1n) is 11.4. The van der Waals surface area contributed by atoms with Gasteiger partial charge in [0.2, 0.25) is 0 Å². The first-order chi connectivity index (χ1) is 16.4. The predicted molar refractivity (Wildman–Crippen MR) is 132 cm³/mol. The maximum Gasteiger partial charge on any atom is 0.273 e. The van der Waals surface area contributed by atoms with E-state index in [9.17, 15) is 4.79 Å². The second-order valence-electron chi connectivity index (χ2n) is 8.75. The van der Waals surface area contributed by atoms with Crippen molar-refractivity contribution in [1.29, 1.82) is 5.26 Å². The molecule has 4 rings (SSSR count). The minimum Gasteiger partial charge on any atom is -0.336 e. The molecule has 10 heteroatoms. The zero-order valence-electron chi connectivity index (χ0n) is 20.1. The number of piperidine rings is 1. The standard InChI is InChI=1S/C24H30N8OS/c1-16-19(17(2)31(4)29-16)14-30(3)23(33)21-15-34-24(27-21)28-22-7-5-6-20(26-22)18-8-11-32(12-9-18)13-10-25/h5-7,15,18H,8-9,11-14H2,1-4H3,(H,26,27,28). The summed E-state index contributed by atoms with van der Waals surface area (Å²) in [7, 11) is 3.69. The van der Waals surface area contributed by atoms with Gasteiger partial charge in [-0.25, -0.2) is 9.97 Å². The molecule has 3 aromatic heterocycles. The van der Waals surface area contributed by atoms with E-state index in [0.29, 0.717) is 29.8 Å². The molecule has 1 N–H and O–H groups in total. The summed E-state index contributed by atoms with van der Waals surface area (Å²) in [5.41, 5.74) is 4.51. The number of aryl methyl sites for hydroxylation is 2. The molecule has 1 saturated heterocycles. The molecule has 1 aliphatic rings. The highest BCUT2D eigenvalue weighted by Crippen LogP contribution is 2.28. The number of nitrogens with zero attached hydrogens (tertiary/aromatic N) is 7. The van der Waals surface area contributed by atoms with Crippen molar-refractivity contribution in [3.05, 3.63) is 51.9 Å². The number of carbonyl (C=O) groups excluding carboxylic acids is 1. The van der Waals surface area contributed by atoms with Gasteiger partial charge in [-0.05, 0) is 51.9 Å². The molecule has 4 heterocycles. The Morgan fingerprint density at radius 2 is 2.06 bits per heavy atom. The van der Waals surface area contributed by atoms with Crippen LogP contribution in [-0.4, -0.2) is 62.1 Å². The molecule has 9 nitrogen and oxygen atoms in total. The minimum atomic E-state index is -0.127. The summed E-state index contributed by atoms with van der Waals surface area (Å²) >= 11 is 1.39. The molecule has 1 amide bonds. The summed E-state index contributed by atoms with van der Waals surface area (Å²) in [6.07, 6.45) is 1.99. The molecular formula is C24H30N8OS. The van der Waals surface area contributed by atoms with E-state index < -0.39 is 0 Å². The Bertz CT molecular complexity index is 1200. The maximum atomic E-state index is 13.0. The number of hydrogen-bond acceptors (Lipinski definition) is 8. The van der Waals surface area contributed by atoms with Crippen LogP contribution in [0.4, 0.5) is 10.9 Å². The molecule has 34 heavy (non-hydrogen) atoms. The van der Waals surface area contributed by atoms with Crippen LogP contribution in [-0.2, 0) is 13.6 Å². The van der Waals surface area contributed by atoms with Gasteiger partial charge in [0.05, 0.1) is 18.3 Å². The van der Waals surface area contributed by atoms with Crippen LogP contribution in [0.1, 0.15) is 51.9 Å². The average molecular weight is 479 g/mol. The number of nitriles is 1. The highest BCUT2D eigenvalue weighted by Gasteiger charge is 2.22. The largest absolute Gasteiger partial charge is 0.336 e. The summed E-state index contributed by atoms with van der Waals surface area (Å²) in [4.78, 5) is 26.1. The van der Waals surface area contributed by atoms with Gasteiger partial charge < -0.3 is 10.2 Å². The molecule has 0 atom stereocenters. The summed E-state index contributed by atoms with van der Waals surface area (Å²) in [6.45, 7) is 6.78. The smallest absolute Gasteiger partial charge is 0.273 e. The fraction of sp³-hybridized carbons (Fsp3) is 0.458. The Hall–Kier alpha value is -3.29. The van der Waals surface area contributed by atoms with Gasteiger partial charge in [0, 0.05) is 48.9 Å². The number of hydrogen-bond donors (Lipinski definition) is 1. The van der Waals surface area contributed by atoms with E-state index in [4.69, 9.17) is 10.2 Å². The van der Waals surface area contributed by atoms with Gasteiger partial charge >= 0.3 is 0 Å². The van der Waals surface area contributed by atoms with Crippen LogP contribution in [0.3, 0.4) is 0 Å². The molecule has 178 valence electrons. The monoisotopic (exact) mass is 478 g/mol. The molecular weight excluding hydrogens is 448 g/mol. The molecule has 3 aromatic rings. The van der Waals surface area contributed by atoms with Crippen molar-refractivity contribution in [2.75, 3.05) is 32.0 Å². The minimum absolute atomic E-state index is 0.127. The second kappa shape index (κ2) is 10.3. The number of nitrogens with one attached hydrogen (secondary N) is 1. The third-order valence-corrected chi connectivity index (χ3v) is 7.19. The van der Waals surface area contributed by atoms with Gasteiger partial charge in [-0.15, -0.1) is 11.3 Å². The van der Waals surface area contributed by atoms with Gasteiger partial charge in [0.25, 0.3) is 5.91 Å². The normalized spacial score (nSPS) is 14.7. The van der Waals surface area contributed by atoms with Crippen molar-refractivity contribution in [3.63, 3.8) is 0 Å². The highest BCUT2D eigenvalue weighted by molar-refractivity contribution is 7.14. The quantitative estimate of drug-likeness (QED) is 0.518. The van der Waals surface area contributed by atoms with Gasteiger partial charge in [-0.1, -0.05) is 6.07 Å². The van der Waals surface area contributed by atoms with E-state index in [1.165, 1.54) is 11.3 Å². The summed E-state index contributed by atoms with van der Waals surface area (Å²) in [5, 5.41) is 19.0. The first kappa shape index (κ1) is 23.9. The Kier molecular flexibility index (Phi) is 7.24. The van der Waals surface area contributed by atoms with Crippen molar-refractivity contribution >= 4 is 28.2 Å². The molecule has 0 unspecified atom stereocenters. The van der Waals surface area contributed by atoms with Crippen LogP contribution in [0.15, 0.2) is 23.6 Å². The lowest BCUT2D eigenvalue weighted by atomic mass is 9.93. The fourth-order valence-corrected chi connectivity index (χ4v) is 5.02. The van der Waals surface area contributed by atoms with Crippen molar-refractivity contribution in [2.45, 2.75) is 39.2 Å². The topological polar surface area (TPSA) is 103 Å². The highest BCUT2D eigenvalue weighted by atomic mass is 32.1. The zero-order chi connectivity index (χ0) is 24.2. The number of amides is 1. The van der Waals surface area contributed by atoms with E-state index >= 15 is 0 Å². The van der Waals surface area contributed by atoms with Crippen LogP contribution >= 0.6 is 11.3 Å². The number of aromatic nitrogens is 4. The third kappa shape index (κ3) is 5.26. The van der Waals surface area contributed by atoms with Crippen molar-refractivity contribution in [2.24, 2.45) is 7.05 Å². The van der Waals surface area contributed by atoms with E-state index in [-0.39, 0.29) is 5.91 Å². The Morgan fingerprint density at radius 1 is 1.29 bits per heavy atom. The van der Waals surface area contributed by atoms with Gasteiger partial charge in [-0.2, -0.15) is 10.4 Å². The molecule has 0 bridgehead atoms. The maximum absolute atomic E-state index is 13.0. The van der Waals surface area contributed by atoms with Gasteiger partial charge in [0.15, 0.2) is 5.13 Å². The van der Waals surface area contributed by atoms with E-state index in [1.54, 1.807) is 17.3 Å². The second-order valence-corrected chi connectivity index (χ2v) is 9.61. The first-order valence-corrected chi connectivity index (χ1v) is 12.3. The van der Waals surface area contributed by atoms with E-state index in [0.717, 1.165) is 54.4 Å². The van der Waals surface area contributed by atoms with Gasteiger partial charge in [0.1, 0.15) is 11.5 Å². The van der Waals surface area contributed by atoms with Crippen LogP contribution < -0.4 is 5.32 Å². The molecule has 0 saturated carbocycles. The summed E-state index contributed by atoms with van der Waals surface area (Å²) in [6, 6.07) is 8.20. The average Bonchev–Trinajstić information content (AvgIpc) is 3.39. The SMILES string of the molecule is Cc1nn(C)c(C)c1CN(C)C(=O)c1csc(Nc2cccc(C3CCN(CC#N)CC3)n2)n1. The number of thiazole rings is 1. The number of pyridine rings is 1. The Labute approximate surface area is 204 Å². The van der Waals surface area contributed by atoms with Gasteiger partial charge in [-0.3, -0.25) is 14.4 Å². The van der Waals surface area contributed by atoms with Crippen LogP contribution in [0, 0.1) is 25.2 Å². The van der Waals surface area contributed by atoms with Crippen LogP contribution in [0.2, 0.25) is 0 Å². The zero-order valence-corrected chi connectivity index (χ0v) is 20.9. The van der Waals surface area contributed by atoms with Crippen LogP contribution in [0.5, 0.6) is 0 Å². The third-order valence-electron chi connectivity index (χ3n) is 6.43. The van der Waals surface area contributed by atoms with Crippen LogP contribution in [0.25, 0.3) is 0 Å².